The molecule has 1 fully saturated rings. The Balaban J connectivity index is 1.88. The molecule has 0 unspecified atom stereocenters. The van der Waals surface area contributed by atoms with E-state index in [1.165, 1.54) is 35.2 Å². The van der Waals surface area contributed by atoms with Crippen molar-refractivity contribution in [3.8, 4) is 0 Å². The number of halogens is 4. The van der Waals surface area contributed by atoms with E-state index < -0.39 is 23.0 Å². The molecule has 11 heteroatoms. The smallest absolute Gasteiger partial charge is 0.384 e. The number of carbonyl (C=O) groups is 2. The lowest BCUT2D eigenvalue weighted by Crippen LogP contribution is -2.43. The molecule has 1 saturated heterocycles. The summed E-state index contributed by atoms with van der Waals surface area (Å²) in [6.45, 7) is 3.24. The number of hydrogen-bond acceptors (Lipinski definition) is 5. The second-order valence-corrected chi connectivity index (χ2v) is 8.36. The first-order valence-corrected chi connectivity index (χ1v) is 9.52. The van der Waals surface area contributed by atoms with Gasteiger partial charge in [-0.25, -0.2) is 14.7 Å². The number of nitrogens with zero attached hydrogens (tertiary/aromatic N) is 3. The van der Waals surface area contributed by atoms with Crippen LogP contribution in [0.3, 0.4) is 0 Å². The molecule has 29 heavy (non-hydrogen) atoms. The normalized spacial score (nSPS) is 16.6. The van der Waals surface area contributed by atoms with Crippen molar-refractivity contribution in [1.82, 2.24) is 9.88 Å². The number of imide groups is 1. The van der Waals surface area contributed by atoms with Gasteiger partial charge in [0.15, 0.2) is 0 Å². The van der Waals surface area contributed by atoms with E-state index in [1.54, 1.807) is 19.9 Å². The fourth-order valence-corrected chi connectivity index (χ4v) is 3.75. The van der Waals surface area contributed by atoms with Crippen molar-refractivity contribution < 1.29 is 22.8 Å². The van der Waals surface area contributed by atoms with Crippen LogP contribution in [0.15, 0.2) is 41.3 Å². The highest BCUT2D eigenvalue weighted by atomic mass is 35.5. The Morgan fingerprint density at radius 1 is 1.17 bits per heavy atom. The van der Waals surface area contributed by atoms with Crippen LogP contribution in [0.2, 0.25) is 5.15 Å². The fourth-order valence-electron chi connectivity index (χ4n) is 2.97. The van der Waals surface area contributed by atoms with Gasteiger partial charge in [-0.2, -0.15) is 13.2 Å². The van der Waals surface area contributed by atoms with E-state index >= 15 is 0 Å². The fraction of sp³-hybridized carbons (Fsp3) is 0.278. The largest absolute Gasteiger partial charge is 0.446 e. The zero-order valence-electron chi connectivity index (χ0n) is 15.3. The first kappa shape index (κ1) is 21.3. The number of alkyl halides is 3. The highest BCUT2D eigenvalue weighted by Crippen LogP contribution is 2.39. The Morgan fingerprint density at radius 2 is 1.79 bits per heavy atom. The third-order valence-electron chi connectivity index (χ3n) is 4.37. The summed E-state index contributed by atoms with van der Waals surface area (Å²) in [5, 5.41) is 0.158. The standard InChI is InChI=1S/C18H16ClF3N4O2S/c1-17(2)15(27)26(11-3-5-12(6-4-11)29-18(20,21)22)16(28)25(17)9-10-7-13(19)24-14(23)8-10/h3-8H,9H2,1-2H3,(H2,23,24). The number of nitrogens with two attached hydrogens (primary N) is 1. The lowest BCUT2D eigenvalue weighted by molar-refractivity contribution is -0.123. The van der Waals surface area contributed by atoms with Crippen LogP contribution in [0, 0.1) is 0 Å². The van der Waals surface area contributed by atoms with Crippen LogP contribution in [0.5, 0.6) is 0 Å². The maximum absolute atomic E-state index is 13.0. The zero-order chi connectivity index (χ0) is 21.6. The van der Waals surface area contributed by atoms with Gasteiger partial charge in [0.05, 0.1) is 5.69 Å². The number of amides is 3. The average molecular weight is 445 g/mol. The Kier molecular flexibility index (Phi) is 5.44. The third-order valence-corrected chi connectivity index (χ3v) is 5.30. The van der Waals surface area contributed by atoms with Crippen LogP contribution in [-0.4, -0.2) is 32.9 Å². The van der Waals surface area contributed by atoms with Crippen molar-refractivity contribution in [1.29, 1.82) is 0 Å². The van der Waals surface area contributed by atoms with Crippen molar-refractivity contribution in [3.63, 3.8) is 0 Å². The molecule has 1 aromatic heterocycles. The van der Waals surface area contributed by atoms with Gasteiger partial charge >= 0.3 is 11.5 Å². The maximum Gasteiger partial charge on any atom is 0.446 e. The molecule has 0 radical (unpaired) electrons. The molecule has 0 atom stereocenters. The van der Waals surface area contributed by atoms with Crippen LogP contribution >= 0.6 is 23.4 Å². The van der Waals surface area contributed by atoms with Crippen LogP contribution < -0.4 is 10.6 Å². The molecular formula is C18H16ClF3N4O2S. The summed E-state index contributed by atoms with van der Waals surface area (Å²) in [5.41, 5.74) is 0.860. The molecule has 1 aromatic carbocycles. The summed E-state index contributed by atoms with van der Waals surface area (Å²) in [4.78, 5) is 32.0. The average Bonchev–Trinajstić information content (AvgIpc) is 2.74. The van der Waals surface area contributed by atoms with E-state index in [1.807, 2.05) is 0 Å². The summed E-state index contributed by atoms with van der Waals surface area (Å²) in [7, 11) is 0. The number of thioether (sulfide) groups is 1. The third kappa shape index (κ3) is 4.43. The van der Waals surface area contributed by atoms with E-state index in [2.05, 4.69) is 4.98 Å². The molecule has 154 valence electrons. The molecule has 3 amide bonds. The molecule has 2 N–H and O–H groups in total. The van der Waals surface area contributed by atoms with Crippen LogP contribution in [0.4, 0.5) is 29.5 Å². The predicted molar refractivity (Wildman–Crippen MR) is 105 cm³/mol. The van der Waals surface area contributed by atoms with Crippen LogP contribution in [0.1, 0.15) is 19.4 Å². The maximum atomic E-state index is 13.0. The molecule has 0 spiro atoms. The van der Waals surface area contributed by atoms with Gasteiger partial charge in [0.25, 0.3) is 5.91 Å². The summed E-state index contributed by atoms with van der Waals surface area (Å²) in [5.74, 6) is -0.315. The van der Waals surface area contributed by atoms with Gasteiger partial charge in [0, 0.05) is 11.4 Å². The summed E-state index contributed by atoms with van der Waals surface area (Å²) >= 11 is 5.63. The van der Waals surface area contributed by atoms with Gasteiger partial charge in [-0.1, -0.05) is 11.6 Å². The number of carbonyl (C=O) groups excluding carboxylic acids is 2. The number of pyridine rings is 1. The van der Waals surface area contributed by atoms with Crippen LogP contribution in [0.25, 0.3) is 0 Å². The minimum atomic E-state index is -4.42. The molecule has 0 saturated carbocycles. The van der Waals surface area contributed by atoms with Gasteiger partial charge in [-0.15, -0.1) is 0 Å². The quantitative estimate of drug-likeness (QED) is 0.421. The number of urea groups is 1. The molecule has 2 aromatic rings. The second kappa shape index (κ2) is 7.42. The number of nitrogen functional groups attached to an aromatic ring is 1. The molecule has 6 nitrogen and oxygen atoms in total. The van der Waals surface area contributed by atoms with E-state index in [0.717, 1.165) is 4.90 Å². The van der Waals surface area contributed by atoms with Gasteiger partial charge in [-0.05, 0) is 67.6 Å². The number of rotatable bonds is 4. The minimum absolute atomic E-state index is 0.0432. The Labute approximate surface area is 173 Å². The summed E-state index contributed by atoms with van der Waals surface area (Å²) in [6.07, 6.45) is 0. The highest BCUT2D eigenvalue weighted by Gasteiger charge is 2.51. The number of benzene rings is 1. The lowest BCUT2D eigenvalue weighted by atomic mass is 10.0. The molecule has 0 aliphatic carbocycles. The van der Waals surface area contributed by atoms with E-state index in [-0.39, 0.29) is 39.9 Å². The van der Waals surface area contributed by atoms with Crippen molar-refractivity contribution in [2.75, 3.05) is 10.6 Å². The molecular weight excluding hydrogens is 429 g/mol. The zero-order valence-corrected chi connectivity index (χ0v) is 16.9. The topological polar surface area (TPSA) is 79.5 Å². The number of aromatic nitrogens is 1. The van der Waals surface area contributed by atoms with Gasteiger partial charge in [0.2, 0.25) is 0 Å². The van der Waals surface area contributed by atoms with Crippen molar-refractivity contribution in [2.24, 2.45) is 0 Å². The lowest BCUT2D eigenvalue weighted by Gasteiger charge is -2.27. The minimum Gasteiger partial charge on any atom is -0.384 e. The SMILES string of the molecule is CC1(C)C(=O)N(c2ccc(SC(F)(F)F)cc2)C(=O)N1Cc1cc(N)nc(Cl)c1. The van der Waals surface area contributed by atoms with Crippen LogP contribution in [-0.2, 0) is 11.3 Å². The van der Waals surface area contributed by atoms with Gasteiger partial charge in [0.1, 0.15) is 16.5 Å². The highest BCUT2D eigenvalue weighted by molar-refractivity contribution is 8.00. The molecule has 0 bridgehead atoms. The molecule has 1 aliphatic heterocycles. The first-order valence-electron chi connectivity index (χ1n) is 8.32. The van der Waals surface area contributed by atoms with Crippen molar-refractivity contribution in [2.45, 2.75) is 36.3 Å². The van der Waals surface area contributed by atoms with E-state index in [9.17, 15) is 22.8 Å². The number of hydrogen-bond donors (Lipinski definition) is 1. The molecule has 1 aliphatic rings. The number of anilines is 2. The Morgan fingerprint density at radius 3 is 2.34 bits per heavy atom. The van der Waals surface area contributed by atoms with Gasteiger partial charge < -0.3 is 10.6 Å². The van der Waals surface area contributed by atoms with Crippen molar-refractivity contribution in [3.05, 3.63) is 47.1 Å². The predicted octanol–water partition coefficient (Wildman–Crippen LogP) is 4.68. The van der Waals surface area contributed by atoms with E-state index in [0.29, 0.717) is 5.56 Å². The molecule has 2 heterocycles. The van der Waals surface area contributed by atoms with Crippen molar-refractivity contribution >= 4 is 46.8 Å². The van der Waals surface area contributed by atoms with Gasteiger partial charge in [-0.3, -0.25) is 4.79 Å². The Hall–Kier alpha value is -2.46. The molecule has 3 rings (SSSR count). The Bertz CT molecular complexity index is 946. The summed E-state index contributed by atoms with van der Waals surface area (Å²) < 4.78 is 37.5. The second-order valence-electron chi connectivity index (χ2n) is 6.83. The summed E-state index contributed by atoms with van der Waals surface area (Å²) in [6, 6.07) is 7.54. The first-order chi connectivity index (χ1) is 13.4. The monoisotopic (exact) mass is 444 g/mol. The van der Waals surface area contributed by atoms with E-state index in [4.69, 9.17) is 17.3 Å².